The molecule has 3 rings (SSSR count). The van der Waals surface area contributed by atoms with E-state index in [2.05, 4.69) is 25.3 Å². The first-order chi connectivity index (χ1) is 12.3. The summed E-state index contributed by atoms with van der Waals surface area (Å²) in [6, 6.07) is 4.24. The number of hydrogen-bond acceptors (Lipinski definition) is 5. The lowest BCUT2D eigenvalue weighted by atomic mass is 10.2. The summed E-state index contributed by atoms with van der Waals surface area (Å²) in [6.45, 7) is 0.0691. The van der Waals surface area contributed by atoms with Crippen LogP contribution in [0.3, 0.4) is 0 Å². The fourth-order valence-corrected chi connectivity index (χ4v) is 2.35. The Balaban J connectivity index is 1.75. The molecule has 0 radical (unpaired) electrons. The minimum absolute atomic E-state index is 0.324. The molecule has 3 heterocycles. The third kappa shape index (κ3) is 4.08. The predicted octanol–water partition coefficient (Wildman–Crippen LogP) is 2.50. The number of halogens is 3. The molecule has 0 fully saturated rings. The Labute approximate surface area is 146 Å². The molecule has 26 heavy (non-hydrogen) atoms. The first kappa shape index (κ1) is 17.6. The Bertz CT molecular complexity index is 923. The van der Waals surface area contributed by atoms with Gasteiger partial charge in [-0.05, 0) is 25.1 Å². The summed E-state index contributed by atoms with van der Waals surface area (Å²) < 4.78 is 36.6. The van der Waals surface area contributed by atoms with Gasteiger partial charge in [-0.15, -0.1) is 0 Å². The summed E-state index contributed by atoms with van der Waals surface area (Å²) in [5.74, 6) is -0.0468. The van der Waals surface area contributed by atoms with Gasteiger partial charge < -0.3 is 15.6 Å². The number of H-pyrrole nitrogens is 1. The van der Waals surface area contributed by atoms with Crippen LogP contribution in [0.1, 0.15) is 6.92 Å². The van der Waals surface area contributed by atoms with E-state index in [1.54, 1.807) is 18.5 Å². The van der Waals surface area contributed by atoms with E-state index in [-0.39, 0.29) is 0 Å². The second-order valence-corrected chi connectivity index (χ2v) is 5.56. The molecular weight excluding hydrogens is 349 g/mol. The van der Waals surface area contributed by atoms with Crippen LogP contribution in [0.15, 0.2) is 36.8 Å². The lowest BCUT2D eigenvalue weighted by Gasteiger charge is -2.16. The molecule has 7 nitrogen and oxygen atoms in total. The summed E-state index contributed by atoms with van der Waals surface area (Å²) in [7, 11) is 0. The molecule has 1 atom stereocenters. The SMILES string of the molecule is CC(Nc1ccnc(-c2ccnc3[nH]ccc23)n1)C(=O)NCC(F)(F)F. The van der Waals surface area contributed by atoms with Crippen LogP contribution in [-0.4, -0.2) is 44.6 Å². The van der Waals surface area contributed by atoms with Gasteiger partial charge in [-0.3, -0.25) is 4.79 Å². The number of aromatic amines is 1. The molecule has 3 N–H and O–H groups in total. The number of carbonyl (C=O) groups is 1. The summed E-state index contributed by atoms with van der Waals surface area (Å²) in [5.41, 5.74) is 1.43. The summed E-state index contributed by atoms with van der Waals surface area (Å²) in [6.07, 6.45) is 0.409. The van der Waals surface area contributed by atoms with Gasteiger partial charge in [0.05, 0.1) is 0 Å². The first-order valence-electron chi connectivity index (χ1n) is 7.70. The van der Waals surface area contributed by atoms with Crippen molar-refractivity contribution in [3.8, 4) is 11.4 Å². The molecule has 0 aromatic carbocycles. The van der Waals surface area contributed by atoms with Crippen LogP contribution in [-0.2, 0) is 4.79 Å². The van der Waals surface area contributed by atoms with Gasteiger partial charge in [-0.1, -0.05) is 0 Å². The molecule has 136 valence electrons. The second kappa shape index (κ2) is 6.98. The van der Waals surface area contributed by atoms with Gasteiger partial charge in [0, 0.05) is 29.5 Å². The van der Waals surface area contributed by atoms with Crippen LogP contribution in [0.5, 0.6) is 0 Å². The van der Waals surface area contributed by atoms with Gasteiger partial charge in [-0.25, -0.2) is 15.0 Å². The highest BCUT2D eigenvalue weighted by molar-refractivity contribution is 5.91. The Kier molecular flexibility index (Phi) is 4.74. The Hall–Kier alpha value is -3.17. The molecule has 1 amide bonds. The van der Waals surface area contributed by atoms with Crippen LogP contribution in [0.25, 0.3) is 22.4 Å². The maximum Gasteiger partial charge on any atom is 0.405 e. The highest BCUT2D eigenvalue weighted by Gasteiger charge is 2.28. The lowest BCUT2D eigenvalue weighted by Crippen LogP contribution is -2.42. The zero-order chi connectivity index (χ0) is 18.7. The summed E-state index contributed by atoms with van der Waals surface area (Å²) >= 11 is 0. The number of nitrogens with one attached hydrogen (secondary N) is 3. The number of rotatable bonds is 5. The van der Waals surface area contributed by atoms with E-state index in [0.29, 0.717) is 17.3 Å². The highest BCUT2D eigenvalue weighted by atomic mass is 19.4. The van der Waals surface area contributed by atoms with Crippen molar-refractivity contribution < 1.29 is 18.0 Å². The van der Waals surface area contributed by atoms with E-state index in [1.165, 1.54) is 19.2 Å². The van der Waals surface area contributed by atoms with E-state index in [9.17, 15) is 18.0 Å². The van der Waals surface area contributed by atoms with Crippen LogP contribution in [0.2, 0.25) is 0 Å². The number of fused-ring (bicyclic) bond motifs is 1. The smallest absolute Gasteiger partial charge is 0.359 e. The fraction of sp³-hybridized carbons (Fsp3) is 0.250. The van der Waals surface area contributed by atoms with Crippen molar-refractivity contribution in [1.29, 1.82) is 0 Å². The molecule has 1 unspecified atom stereocenters. The Morgan fingerprint density at radius 1 is 1.23 bits per heavy atom. The van der Waals surface area contributed by atoms with Gasteiger partial charge >= 0.3 is 6.18 Å². The first-order valence-corrected chi connectivity index (χ1v) is 7.70. The van der Waals surface area contributed by atoms with Crippen LogP contribution in [0, 0.1) is 0 Å². The van der Waals surface area contributed by atoms with Crippen LogP contribution >= 0.6 is 0 Å². The minimum Gasteiger partial charge on any atom is -0.359 e. The van der Waals surface area contributed by atoms with Crippen molar-refractivity contribution in [1.82, 2.24) is 25.3 Å². The standard InChI is InChI=1S/C16H15F3N6O/c1-9(15(26)23-8-16(17,18)19)24-12-4-7-22-14(25-12)11-3-6-21-13-10(11)2-5-20-13/h2-7,9H,8H2,1H3,(H,20,21)(H,23,26)(H,22,24,25). The number of hydrogen-bond donors (Lipinski definition) is 3. The van der Waals surface area contributed by atoms with Crippen LogP contribution < -0.4 is 10.6 Å². The molecule has 10 heteroatoms. The third-order valence-electron chi connectivity index (χ3n) is 3.58. The van der Waals surface area contributed by atoms with E-state index in [1.807, 2.05) is 11.4 Å². The molecule has 3 aromatic rings. The Morgan fingerprint density at radius 2 is 2.00 bits per heavy atom. The zero-order valence-electron chi connectivity index (χ0n) is 13.6. The molecule has 0 saturated carbocycles. The summed E-state index contributed by atoms with van der Waals surface area (Å²) in [4.78, 5) is 27.5. The number of amides is 1. The van der Waals surface area contributed by atoms with Gasteiger partial charge in [0.25, 0.3) is 0 Å². The van der Waals surface area contributed by atoms with E-state index in [4.69, 9.17) is 0 Å². The van der Waals surface area contributed by atoms with Gasteiger partial charge in [-0.2, -0.15) is 13.2 Å². The largest absolute Gasteiger partial charge is 0.405 e. The van der Waals surface area contributed by atoms with Crippen LogP contribution in [0.4, 0.5) is 19.0 Å². The van der Waals surface area contributed by atoms with E-state index >= 15 is 0 Å². The quantitative estimate of drug-likeness (QED) is 0.647. The van der Waals surface area contributed by atoms with Gasteiger partial charge in [0.15, 0.2) is 5.82 Å². The normalized spacial score (nSPS) is 12.8. The second-order valence-electron chi connectivity index (χ2n) is 5.56. The van der Waals surface area contributed by atoms with E-state index < -0.39 is 24.7 Å². The fourth-order valence-electron chi connectivity index (χ4n) is 2.35. The predicted molar refractivity (Wildman–Crippen MR) is 89.3 cm³/mol. The van der Waals surface area contributed by atoms with Gasteiger partial charge in [0.2, 0.25) is 5.91 Å². The monoisotopic (exact) mass is 364 g/mol. The molecular formula is C16H15F3N6O. The maximum atomic E-state index is 12.2. The van der Waals surface area contributed by atoms with Crippen molar-refractivity contribution in [2.45, 2.75) is 19.1 Å². The molecule has 0 aliphatic rings. The zero-order valence-corrected chi connectivity index (χ0v) is 13.6. The highest BCUT2D eigenvalue weighted by Crippen LogP contribution is 2.24. The number of carbonyl (C=O) groups excluding carboxylic acids is 1. The average Bonchev–Trinajstić information content (AvgIpc) is 3.07. The molecule has 3 aromatic heterocycles. The van der Waals surface area contributed by atoms with E-state index in [0.717, 1.165) is 10.9 Å². The minimum atomic E-state index is -4.46. The molecule has 0 bridgehead atoms. The van der Waals surface area contributed by atoms with Crippen molar-refractivity contribution in [2.75, 3.05) is 11.9 Å². The number of aromatic nitrogens is 4. The molecule has 0 saturated heterocycles. The third-order valence-corrected chi connectivity index (χ3v) is 3.58. The van der Waals surface area contributed by atoms with Crippen molar-refractivity contribution in [2.24, 2.45) is 0 Å². The Morgan fingerprint density at radius 3 is 2.77 bits per heavy atom. The molecule has 0 spiro atoms. The summed E-state index contributed by atoms with van der Waals surface area (Å²) in [5, 5.41) is 5.44. The van der Waals surface area contributed by atoms with Crippen molar-refractivity contribution >= 4 is 22.8 Å². The van der Waals surface area contributed by atoms with Gasteiger partial charge in [0.1, 0.15) is 24.1 Å². The number of alkyl halides is 3. The average molecular weight is 364 g/mol. The lowest BCUT2D eigenvalue weighted by molar-refractivity contribution is -0.138. The topological polar surface area (TPSA) is 95.6 Å². The molecule has 0 aliphatic carbocycles. The van der Waals surface area contributed by atoms with Crippen molar-refractivity contribution in [3.63, 3.8) is 0 Å². The number of nitrogens with zero attached hydrogens (tertiary/aromatic N) is 3. The number of pyridine rings is 1. The molecule has 0 aliphatic heterocycles. The van der Waals surface area contributed by atoms with Crippen molar-refractivity contribution in [3.05, 3.63) is 36.8 Å². The maximum absolute atomic E-state index is 12.2. The number of anilines is 1.